The highest BCUT2D eigenvalue weighted by molar-refractivity contribution is 9.10. The van der Waals surface area contributed by atoms with E-state index in [1.165, 1.54) is 23.7 Å². The maximum Gasteiger partial charge on any atom is 0.278 e. The highest BCUT2D eigenvalue weighted by Crippen LogP contribution is 2.17. The predicted octanol–water partition coefficient (Wildman–Crippen LogP) is 2.26. The molecule has 0 bridgehead atoms. The second-order valence-corrected chi connectivity index (χ2v) is 4.55. The van der Waals surface area contributed by atoms with Crippen molar-refractivity contribution in [3.8, 4) is 0 Å². The summed E-state index contributed by atoms with van der Waals surface area (Å²) < 4.78 is 0.417. The van der Waals surface area contributed by atoms with Crippen LogP contribution in [0.4, 0.5) is 5.13 Å². The molecular weight excluding hydrogens is 292 g/mol. The predicted molar refractivity (Wildman–Crippen MR) is 64.5 cm³/mol. The molecule has 2 rings (SSSR count). The number of carbonyl (C=O) groups excluding carboxylic acids is 1. The first-order chi connectivity index (χ1) is 7.66. The normalized spacial score (nSPS) is 10.1. The number of hydrogen-bond donors (Lipinski definition) is 1. The van der Waals surface area contributed by atoms with Gasteiger partial charge in [-0.3, -0.25) is 10.1 Å². The van der Waals surface area contributed by atoms with E-state index in [9.17, 15) is 4.79 Å². The molecule has 16 heavy (non-hydrogen) atoms. The molecular formula is C9H7BrN4OS. The lowest BCUT2D eigenvalue weighted by atomic mass is 10.4. The van der Waals surface area contributed by atoms with E-state index in [-0.39, 0.29) is 11.6 Å². The summed E-state index contributed by atoms with van der Waals surface area (Å²) in [5, 5.41) is 5.07. The molecule has 0 aliphatic rings. The first kappa shape index (κ1) is 11.2. The number of aromatic nitrogens is 3. The SMILES string of the molecule is Cc1csc(NC(=O)c2nccnc2Br)n1. The molecule has 5 nitrogen and oxygen atoms in total. The summed E-state index contributed by atoms with van der Waals surface area (Å²) in [6, 6.07) is 0. The number of nitrogens with one attached hydrogen (secondary N) is 1. The maximum absolute atomic E-state index is 11.8. The van der Waals surface area contributed by atoms with Crippen molar-refractivity contribution < 1.29 is 4.79 Å². The molecule has 0 unspecified atom stereocenters. The minimum absolute atomic E-state index is 0.246. The molecule has 0 saturated heterocycles. The third-order valence-electron chi connectivity index (χ3n) is 1.71. The first-order valence-corrected chi connectivity index (χ1v) is 6.04. The van der Waals surface area contributed by atoms with E-state index in [1.54, 1.807) is 0 Å². The topological polar surface area (TPSA) is 67.8 Å². The van der Waals surface area contributed by atoms with E-state index >= 15 is 0 Å². The number of anilines is 1. The molecule has 2 aromatic rings. The molecule has 1 amide bonds. The monoisotopic (exact) mass is 298 g/mol. The standard InChI is InChI=1S/C9H7BrN4OS/c1-5-4-16-9(13-5)14-8(15)6-7(10)12-3-2-11-6/h2-4H,1H3,(H,13,14,15). The van der Waals surface area contributed by atoms with Crippen molar-refractivity contribution in [2.24, 2.45) is 0 Å². The van der Waals surface area contributed by atoms with E-state index in [0.717, 1.165) is 5.69 Å². The summed E-state index contributed by atoms with van der Waals surface area (Å²) in [5.74, 6) is -0.325. The number of rotatable bonds is 2. The average molecular weight is 299 g/mol. The van der Waals surface area contributed by atoms with Gasteiger partial charge in [0.05, 0.1) is 5.69 Å². The fraction of sp³-hybridized carbons (Fsp3) is 0.111. The van der Waals surface area contributed by atoms with Crippen LogP contribution in [0.1, 0.15) is 16.2 Å². The molecule has 2 aromatic heterocycles. The Morgan fingerprint density at radius 1 is 1.44 bits per heavy atom. The lowest BCUT2D eigenvalue weighted by molar-refractivity contribution is 0.102. The Labute approximate surface area is 104 Å². The van der Waals surface area contributed by atoms with Gasteiger partial charge in [0.25, 0.3) is 5.91 Å². The largest absolute Gasteiger partial charge is 0.296 e. The van der Waals surface area contributed by atoms with Crippen LogP contribution in [0.2, 0.25) is 0 Å². The number of amides is 1. The van der Waals surface area contributed by atoms with Gasteiger partial charge in [0.15, 0.2) is 10.8 Å². The quantitative estimate of drug-likeness (QED) is 0.923. The highest BCUT2D eigenvalue weighted by atomic mass is 79.9. The Balaban J connectivity index is 2.18. The Morgan fingerprint density at radius 3 is 2.81 bits per heavy atom. The van der Waals surface area contributed by atoms with E-state index in [0.29, 0.717) is 9.73 Å². The third-order valence-corrected chi connectivity index (χ3v) is 3.16. The summed E-state index contributed by atoms with van der Waals surface area (Å²) in [6.07, 6.45) is 2.97. The number of thiazole rings is 1. The second-order valence-electron chi connectivity index (χ2n) is 2.94. The van der Waals surface area contributed by atoms with Crippen molar-refractivity contribution in [3.63, 3.8) is 0 Å². The maximum atomic E-state index is 11.8. The highest BCUT2D eigenvalue weighted by Gasteiger charge is 2.13. The average Bonchev–Trinajstić information content (AvgIpc) is 2.64. The first-order valence-electron chi connectivity index (χ1n) is 4.37. The minimum Gasteiger partial charge on any atom is -0.296 e. The van der Waals surface area contributed by atoms with Crippen LogP contribution in [-0.4, -0.2) is 20.9 Å². The van der Waals surface area contributed by atoms with Crippen molar-refractivity contribution in [2.45, 2.75) is 6.92 Å². The Hall–Kier alpha value is -1.34. The summed E-state index contributed by atoms with van der Waals surface area (Å²) in [5.41, 5.74) is 1.12. The van der Waals surface area contributed by atoms with Gasteiger partial charge in [-0.2, -0.15) is 0 Å². The fourth-order valence-electron chi connectivity index (χ4n) is 1.04. The van der Waals surface area contributed by atoms with Gasteiger partial charge >= 0.3 is 0 Å². The minimum atomic E-state index is -0.325. The van der Waals surface area contributed by atoms with Crippen molar-refractivity contribution in [2.75, 3.05) is 5.32 Å². The van der Waals surface area contributed by atoms with Crippen LogP contribution in [0, 0.1) is 6.92 Å². The fourth-order valence-corrected chi connectivity index (χ4v) is 2.12. The van der Waals surface area contributed by atoms with Gasteiger partial charge in [0, 0.05) is 17.8 Å². The van der Waals surface area contributed by atoms with Crippen molar-refractivity contribution in [1.29, 1.82) is 0 Å². The van der Waals surface area contributed by atoms with Crippen molar-refractivity contribution >= 4 is 38.3 Å². The lowest BCUT2D eigenvalue weighted by Crippen LogP contribution is -2.14. The summed E-state index contributed by atoms with van der Waals surface area (Å²) in [6.45, 7) is 1.87. The second kappa shape index (κ2) is 4.67. The Morgan fingerprint density at radius 2 is 2.19 bits per heavy atom. The molecule has 0 aliphatic carbocycles. The number of hydrogen-bond acceptors (Lipinski definition) is 5. The van der Waals surface area contributed by atoms with Gasteiger partial charge in [-0.15, -0.1) is 11.3 Å². The van der Waals surface area contributed by atoms with Crippen LogP contribution >= 0.6 is 27.3 Å². The van der Waals surface area contributed by atoms with Crippen LogP contribution in [0.25, 0.3) is 0 Å². The van der Waals surface area contributed by atoms with Crippen LogP contribution < -0.4 is 5.32 Å². The van der Waals surface area contributed by atoms with Crippen LogP contribution in [0.15, 0.2) is 22.4 Å². The molecule has 2 heterocycles. The van der Waals surface area contributed by atoms with E-state index in [2.05, 4.69) is 36.2 Å². The van der Waals surface area contributed by atoms with Gasteiger partial charge in [0.1, 0.15) is 4.60 Å². The number of nitrogens with zero attached hydrogens (tertiary/aromatic N) is 3. The number of aryl methyl sites for hydroxylation is 1. The Bertz CT molecular complexity index is 528. The molecule has 0 spiro atoms. The van der Waals surface area contributed by atoms with Crippen molar-refractivity contribution in [3.05, 3.63) is 33.8 Å². The van der Waals surface area contributed by atoms with Gasteiger partial charge < -0.3 is 0 Å². The molecule has 1 N–H and O–H groups in total. The Kier molecular flexibility index (Phi) is 3.25. The molecule has 7 heteroatoms. The summed E-state index contributed by atoms with van der Waals surface area (Å²) in [7, 11) is 0. The molecule has 0 radical (unpaired) electrons. The molecule has 0 fully saturated rings. The molecule has 0 atom stereocenters. The van der Waals surface area contributed by atoms with Gasteiger partial charge in [-0.25, -0.2) is 15.0 Å². The third kappa shape index (κ3) is 2.42. The van der Waals surface area contributed by atoms with E-state index in [1.807, 2.05) is 12.3 Å². The zero-order chi connectivity index (χ0) is 11.5. The molecule has 0 saturated carbocycles. The van der Waals surface area contributed by atoms with Crippen LogP contribution in [-0.2, 0) is 0 Å². The number of halogens is 1. The van der Waals surface area contributed by atoms with E-state index in [4.69, 9.17) is 0 Å². The van der Waals surface area contributed by atoms with Gasteiger partial charge in [-0.05, 0) is 22.9 Å². The summed E-state index contributed by atoms with van der Waals surface area (Å²) in [4.78, 5) is 23.8. The van der Waals surface area contributed by atoms with Crippen molar-refractivity contribution in [1.82, 2.24) is 15.0 Å². The molecule has 82 valence electrons. The molecule has 0 aromatic carbocycles. The smallest absolute Gasteiger partial charge is 0.278 e. The van der Waals surface area contributed by atoms with Crippen LogP contribution in [0.5, 0.6) is 0 Å². The summed E-state index contributed by atoms with van der Waals surface area (Å²) >= 11 is 4.54. The number of carbonyl (C=O) groups is 1. The zero-order valence-electron chi connectivity index (χ0n) is 8.27. The van der Waals surface area contributed by atoms with Crippen LogP contribution in [0.3, 0.4) is 0 Å². The van der Waals surface area contributed by atoms with Gasteiger partial charge in [-0.1, -0.05) is 0 Å². The lowest BCUT2D eigenvalue weighted by Gasteiger charge is -2.01. The zero-order valence-corrected chi connectivity index (χ0v) is 10.7. The van der Waals surface area contributed by atoms with Gasteiger partial charge in [0.2, 0.25) is 0 Å². The molecule has 0 aliphatic heterocycles. The van der Waals surface area contributed by atoms with E-state index < -0.39 is 0 Å².